The third-order valence-corrected chi connectivity index (χ3v) is 8.48. The van der Waals surface area contributed by atoms with Crippen LogP contribution in [0, 0.1) is 11.8 Å². The number of nitrogens with zero attached hydrogens (tertiary/aromatic N) is 4. The highest BCUT2D eigenvalue weighted by Gasteiger charge is 2.29. The molecule has 0 radical (unpaired) electrons. The topological polar surface area (TPSA) is 109 Å². The molecule has 2 aromatic heterocycles. The molecule has 9 nitrogen and oxygen atoms in total. The third-order valence-electron chi connectivity index (χ3n) is 7.54. The van der Waals surface area contributed by atoms with Gasteiger partial charge in [-0.15, -0.1) is 16.4 Å². The second-order valence-corrected chi connectivity index (χ2v) is 11.6. The first-order valence-corrected chi connectivity index (χ1v) is 14.2. The van der Waals surface area contributed by atoms with Crippen LogP contribution in [0.5, 0.6) is 0 Å². The summed E-state index contributed by atoms with van der Waals surface area (Å²) in [4.78, 5) is 39.6. The van der Waals surface area contributed by atoms with Crippen molar-refractivity contribution in [3.63, 3.8) is 0 Å². The number of thiophene rings is 1. The van der Waals surface area contributed by atoms with Gasteiger partial charge in [0.25, 0.3) is 5.91 Å². The number of amides is 3. The van der Waals surface area contributed by atoms with E-state index in [1.807, 2.05) is 23.6 Å². The standard InChI is InChI=1S/C28H34N6O3S/c1-18(2)20-9-11-33(12-10-20)15-19-3-5-22(6-4-19)29-27(36)14-23-13-21(17-38-23)24-16-34(32-31-24)25-7-8-26(35)30-28(25)37/h3-6,13,16-18,20,25H,7-12,14-15H2,1-2H3,(H,29,36)(H,30,35,37). The van der Waals surface area contributed by atoms with Gasteiger partial charge in [-0.05, 0) is 68.0 Å². The van der Waals surface area contributed by atoms with E-state index in [0.29, 0.717) is 12.1 Å². The summed E-state index contributed by atoms with van der Waals surface area (Å²) in [5.41, 5.74) is 3.53. The smallest absolute Gasteiger partial charge is 0.251 e. The first-order chi connectivity index (χ1) is 18.3. The molecule has 10 heteroatoms. The van der Waals surface area contributed by atoms with E-state index < -0.39 is 6.04 Å². The molecule has 2 fully saturated rings. The van der Waals surface area contributed by atoms with Crippen molar-refractivity contribution in [2.45, 2.75) is 58.5 Å². The lowest BCUT2D eigenvalue weighted by Crippen LogP contribution is -2.41. The van der Waals surface area contributed by atoms with E-state index in [1.165, 1.54) is 34.4 Å². The Morgan fingerprint density at radius 3 is 2.63 bits per heavy atom. The van der Waals surface area contributed by atoms with Crippen LogP contribution < -0.4 is 10.6 Å². The quantitative estimate of drug-likeness (QED) is 0.423. The highest BCUT2D eigenvalue weighted by Crippen LogP contribution is 2.27. The van der Waals surface area contributed by atoms with E-state index in [1.54, 1.807) is 6.20 Å². The fraction of sp³-hybridized carbons (Fsp3) is 0.464. The zero-order valence-electron chi connectivity index (χ0n) is 21.9. The highest BCUT2D eigenvalue weighted by molar-refractivity contribution is 7.10. The average Bonchev–Trinajstić information content (AvgIpc) is 3.55. The maximum Gasteiger partial charge on any atom is 0.251 e. The molecule has 0 spiro atoms. The summed E-state index contributed by atoms with van der Waals surface area (Å²) in [5, 5.41) is 15.5. The number of hydrogen-bond donors (Lipinski definition) is 2. The average molecular weight is 535 g/mol. The minimum absolute atomic E-state index is 0.0749. The Kier molecular flexibility index (Phi) is 7.99. The van der Waals surface area contributed by atoms with Gasteiger partial charge in [0.15, 0.2) is 0 Å². The van der Waals surface area contributed by atoms with Crippen LogP contribution in [0.4, 0.5) is 5.69 Å². The molecule has 0 aliphatic carbocycles. The third kappa shape index (κ3) is 6.36. The number of benzene rings is 1. The number of piperidine rings is 2. The number of likely N-dealkylation sites (tertiary alicyclic amines) is 1. The van der Waals surface area contributed by atoms with Crippen molar-refractivity contribution in [2.75, 3.05) is 18.4 Å². The predicted molar refractivity (Wildman–Crippen MR) is 146 cm³/mol. The number of carbonyl (C=O) groups excluding carboxylic acids is 3. The van der Waals surface area contributed by atoms with Crippen molar-refractivity contribution in [3.05, 3.63) is 52.3 Å². The lowest BCUT2D eigenvalue weighted by molar-refractivity contribution is -0.136. The predicted octanol–water partition coefficient (Wildman–Crippen LogP) is 4.03. The van der Waals surface area contributed by atoms with Crippen LogP contribution in [-0.4, -0.2) is 50.7 Å². The highest BCUT2D eigenvalue weighted by atomic mass is 32.1. The Morgan fingerprint density at radius 2 is 1.92 bits per heavy atom. The normalized spacial score (nSPS) is 19.1. The lowest BCUT2D eigenvalue weighted by atomic mass is 9.86. The van der Waals surface area contributed by atoms with Gasteiger partial charge < -0.3 is 5.32 Å². The zero-order valence-corrected chi connectivity index (χ0v) is 22.7. The van der Waals surface area contributed by atoms with Crippen molar-refractivity contribution >= 4 is 34.7 Å². The number of nitrogens with one attached hydrogen (secondary N) is 2. The minimum Gasteiger partial charge on any atom is -0.326 e. The Bertz CT molecular complexity index is 1290. The maximum atomic E-state index is 12.7. The summed E-state index contributed by atoms with van der Waals surface area (Å²) in [6, 6.07) is 9.52. The van der Waals surface area contributed by atoms with Gasteiger partial charge in [-0.2, -0.15) is 0 Å². The Labute approximate surface area is 226 Å². The molecular weight excluding hydrogens is 500 g/mol. The van der Waals surface area contributed by atoms with Crippen molar-refractivity contribution in [3.8, 4) is 11.3 Å². The van der Waals surface area contributed by atoms with Crippen LogP contribution in [0.15, 0.2) is 41.9 Å². The summed E-state index contributed by atoms with van der Waals surface area (Å²) in [6.45, 7) is 7.89. The summed E-state index contributed by atoms with van der Waals surface area (Å²) in [7, 11) is 0. The summed E-state index contributed by atoms with van der Waals surface area (Å²) in [5.74, 6) is 0.908. The number of carbonyl (C=O) groups is 3. The molecule has 1 atom stereocenters. The van der Waals surface area contributed by atoms with Crippen LogP contribution >= 0.6 is 11.3 Å². The minimum atomic E-state index is -0.540. The first kappa shape index (κ1) is 26.2. The first-order valence-electron chi connectivity index (χ1n) is 13.3. The molecule has 3 amide bonds. The van der Waals surface area contributed by atoms with Gasteiger partial charge in [-0.25, -0.2) is 4.68 Å². The van der Waals surface area contributed by atoms with E-state index in [9.17, 15) is 14.4 Å². The van der Waals surface area contributed by atoms with Gasteiger partial charge in [0.2, 0.25) is 11.8 Å². The number of anilines is 1. The number of imide groups is 1. The summed E-state index contributed by atoms with van der Waals surface area (Å²) in [6.07, 6.45) is 5.20. The van der Waals surface area contributed by atoms with Crippen LogP contribution in [0.3, 0.4) is 0 Å². The molecule has 38 heavy (non-hydrogen) atoms. The molecule has 3 aromatic rings. The Hall–Kier alpha value is -3.37. The molecule has 1 aromatic carbocycles. The van der Waals surface area contributed by atoms with Crippen LogP contribution in [0.1, 0.15) is 56.0 Å². The van der Waals surface area contributed by atoms with Gasteiger partial charge in [-0.3, -0.25) is 24.6 Å². The van der Waals surface area contributed by atoms with Crippen molar-refractivity contribution in [1.82, 2.24) is 25.2 Å². The van der Waals surface area contributed by atoms with Gasteiger partial charge in [0, 0.05) is 34.5 Å². The summed E-state index contributed by atoms with van der Waals surface area (Å²) < 4.78 is 1.50. The number of rotatable bonds is 8. The second kappa shape index (κ2) is 11.6. The monoisotopic (exact) mass is 534 g/mol. The van der Waals surface area contributed by atoms with Gasteiger partial charge in [0.1, 0.15) is 11.7 Å². The largest absolute Gasteiger partial charge is 0.326 e. The zero-order chi connectivity index (χ0) is 26.6. The molecule has 0 bridgehead atoms. The summed E-state index contributed by atoms with van der Waals surface area (Å²) >= 11 is 1.49. The van der Waals surface area contributed by atoms with Crippen molar-refractivity contribution in [1.29, 1.82) is 0 Å². The van der Waals surface area contributed by atoms with Crippen molar-refractivity contribution < 1.29 is 14.4 Å². The van der Waals surface area contributed by atoms with E-state index in [2.05, 4.69) is 51.8 Å². The molecular formula is C28H34N6O3S. The fourth-order valence-electron chi connectivity index (χ4n) is 5.20. The molecule has 1 unspecified atom stereocenters. The SMILES string of the molecule is CC(C)C1CCN(Cc2ccc(NC(=O)Cc3cc(-c4cn(C5CCC(=O)NC5=O)nn4)cs3)cc2)CC1. The molecule has 0 saturated carbocycles. The van der Waals surface area contributed by atoms with E-state index in [4.69, 9.17) is 0 Å². The lowest BCUT2D eigenvalue weighted by Gasteiger charge is -2.33. The van der Waals surface area contributed by atoms with Gasteiger partial charge >= 0.3 is 0 Å². The molecule has 200 valence electrons. The maximum absolute atomic E-state index is 12.7. The van der Waals surface area contributed by atoms with Crippen LogP contribution in [-0.2, 0) is 27.3 Å². The Balaban J connectivity index is 1.11. The molecule has 2 aliphatic rings. The van der Waals surface area contributed by atoms with Crippen LogP contribution in [0.2, 0.25) is 0 Å². The van der Waals surface area contributed by atoms with E-state index in [-0.39, 0.29) is 30.6 Å². The molecule has 2 aliphatic heterocycles. The van der Waals surface area contributed by atoms with Crippen LogP contribution in [0.25, 0.3) is 11.3 Å². The second-order valence-electron chi connectivity index (χ2n) is 10.6. The van der Waals surface area contributed by atoms with Gasteiger partial charge in [0.05, 0.1) is 12.6 Å². The molecule has 2 saturated heterocycles. The Morgan fingerprint density at radius 1 is 1.16 bits per heavy atom. The van der Waals surface area contributed by atoms with Crippen molar-refractivity contribution in [2.24, 2.45) is 11.8 Å². The fourth-order valence-corrected chi connectivity index (χ4v) is 6.07. The number of hydrogen-bond acceptors (Lipinski definition) is 7. The van der Waals surface area contributed by atoms with E-state index >= 15 is 0 Å². The number of aromatic nitrogens is 3. The molecule has 5 rings (SSSR count). The molecule has 4 heterocycles. The van der Waals surface area contributed by atoms with E-state index in [0.717, 1.165) is 47.6 Å². The van der Waals surface area contributed by atoms with Gasteiger partial charge in [-0.1, -0.05) is 31.2 Å². The molecule has 2 N–H and O–H groups in total.